The zero-order valence-corrected chi connectivity index (χ0v) is 20.6. The molecular weight excluding hydrogens is 478 g/mol. The predicted molar refractivity (Wildman–Crippen MR) is 133 cm³/mol. The smallest absolute Gasteiger partial charge is 0.263 e. The van der Waals surface area contributed by atoms with Crippen LogP contribution < -0.4 is 16.6 Å². The minimum atomic E-state index is -0.605. The lowest BCUT2D eigenvalue weighted by Gasteiger charge is -2.15. The van der Waals surface area contributed by atoms with Crippen LogP contribution in [0.4, 0.5) is 5.00 Å². The summed E-state index contributed by atoms with van der Waals surface area (Å²) in [5, 5.41) is 5.29. The fourth-order valence-corrected chi connectivity index (χ4v) is 5.99. The van der Waals surface area contributed by atoms with Crippen LogP contribution in [0.25, 0.3) is 10.2 Å². The van der Waals surface area contributed by atoms with Crippen molar-refractivity contribution in [1.29, 1.82) is 0 Å². The van der Waals surface area contributed by atoms with Gasteiger partial charge in [0.2, 0.25) is 5.91 Å². The molecule has 170 valence electrons. The van der Waals surface area contributed by atoms with Crippen LogP contribution in [0.1, 0.15) is 33.4 Å². The first-order chi connectivity index (χ1) is 15.8. The molecular formula is C22H21N5O3S3. The molecule has 3 N–H and O–H groups in total. The lowest BCUT2D eigenvalue weighted by Crippen LogP contribution is -2.28. The van der Waals surface area contributed by atoms with E-state index in [1.165, 1.54) is 34.4 Å². The molecule has 0 saturated heterocycles. The van der Waals surface area contributed by atoms with Gasteiger partial charge in [-0.2, -0.15) is 0 Å². The predicted octanol–water partition coefficient (Wildman–Crippen LogP) is 3.80. The molecule has 4 aromatic rings. The number of anilines is 1. The maximum absolute atomic E-state index is 13.5. The van der Waals surface area contributed by atoms with Gasteiger partial charge in [0, 0.05) is 11.1 Å². The SMILES string of the molecule is Cc1sc2nc(SC(C)C(=O)Nc3sccc3C(N)=O)n(Cc3ccccn3)c(=O)c2c1C. The molecule has 33 heavy (non-hydrogen) atoms. The average Bonchev–Trinajstić information content (AvgIpc) is 3.35. The van der Waals surface area contributed by atoms with Crippen molar-refractivity contribution in [3.8, 4) is 0 Å². The van der Waals surface area contributed by atoms with Gasteiger partial charge in [-0.05, 0) is 49.9 Å². The van der Waals surface area contributed by atoms with Gasteiger partial charge in [-0.3, -0.25) is 23.9 Å². The van der Waals surface area contributed by atoms with Crippen molar-refractivity contribution in [3.05, 3.63) is 67.9 Å². The van der Waals surface area contributed by atoms with E-state index < -0.39 is 11.2 Å². The van der Waals surface area contributed by atoms with Crippen molar-refractivity contribution in [3.63, 3.8) is 0 Å². The van der Waals surface area contributed by atoms with Crippen LogP contribution in [-0.2, 0) is 11.3 Å². The molecule has 2 amide bonds. The number of thiophene rings is 2. The molecule has 0 fully saturated rings. The number of aryl methyl sites for hydroxylation is 2. The van der Waals surface area contributed by atoms with Crippen LogP contribution in [-0.4, -0.2) is 31.6 Å². The van der Waals surface area contributed by atoms with Crippen LogP contribution in [0.15, 0.2) is 45.8 Å². The minimum absolute atomic E-state index is 0.156. The Morgan fingerprint density at radius 3 is 2.76 bits per heavy atom. The summed E-state index contributed by atoms with van der Waals surface area (Å²) < 4.78 is 1.57. The third-order valence-corrected chi connectivity index (χ3v) is 8.14. The van der Waals surface area contributed by atoms with Crippen LogP contribution in [0.2, 0.25) is 0 Å². The number of hydrogen-bond donors (Lipinski definition) is 2. The Balaban J connectivity index is 1.69. The molecule has 0 radical (unpaired) electrons. The quantitative estimate of drug-likeness (QED) is 0.295. The highest BCUT2D eigenvalue weighted by atomic mass is 32.2. The zero-order valence-electron chi connectivity index (χ0n) is 18.1. The second-order valence-corrected chi connectivity index (χ2v) is 10.8. The van der Waals surface area contributed by atoms with Crippen molar-refractivity contribution in [1.82, 2.24) is 14.5 Å². The number of primary amides is 1. The lowest BCUT2D eigenvalue weighted by atomic mass is 10.2. The fraction of sp³-hybridized carbons (Fsp3) is 0.227. The van der Waals surface area contributed by atoms with Gasteiger partial charge in [-0.15, -0.1) is 22.7 Å². The Kier molecular flexibility index (Phi) is 6.63. The second-order valence-electron chi connectivity index (χ2n) is 7.35. The number of carbonyl (C=O) groups is 2. The van der Waals surface area contributed by atoms with Crippen LogP contribution >= 0.6 is 34.4 Å². The van der Waals surface area contributed by atoms with E-state index in [0.717, 1.165) is 10.4 Å². The Morgan fingerprint density at radius 1 is 1.27 bits per heavy atom. The summed E-state index contributed by atoms with van der Waals surface area (Å²) in [6, 6.07) is 7.09. The van der Waals surface area contributed by atoms with E-state index in [0.29, 0.717) is 26.1 Å². The average molecular weight is 500 g/mol. The van der Waals surface area contributed by atoms with Crippen LogP contribution in [0.5, 0.6) is 0 Å². The lowest BCUT2D eigenvalue weighted by molar-refractivity contribution is -0.115. The molecule has 0 aliphatic rings. The molecule has 1 atom stereocenters. The van der Waals surface area contributed by atoms with Gasteiger partial charge in [0.25, 0.3) is 11.5 Å². The van der Waals surface area contributed by atoms with Crippen molar-refractivity contribution in [2.24, 2.45) is 5.73 Å². The molecule has 1 unspecified atom stereocenters. The van der Waals surface area contributed by atoms with Gasteiger partial charge in [-0.25, -0.2) is 4.98 Å². The zero-order chi connectivity index (χ0) is 23.7. The summed E-state index contributed by atoms with van der Waals surface area (Å²) in [4.78, 5) is 48.6. The third-order valence-electron chi connectivity index (χ3n) is 5.12. The highest BCUT2D eigenvalue weighted by Gasteiger charge is 2.23. The van der Waals surface area contributed by atoms with E-state index in [1.54, 1.807) is 29.1 Å². The normalized spacial score (nSPS) is 12.1. The van der Waals surface area contributed by atoms with Gasteiger partial charge in [0.05, 0.1) is 28.4 Å². The van der Waals surface area contributed by atoms with Crippen molar-refractivity contribution < 1.29 is 9.59 Å². The van der Waals surface area contributed by atoms with Crippen LogP contribution in [0, 0.1) is 13.8 Å². The maximum Gasteiger partial charge on any atom is 0.263 e. The van der Waals surface area contributed by atoms with E-state index in [4.69, 9.17) is 10.7 Å². The number of nitrogens with one attached hydrogen (secondary N) is 1. The van der Waals surface area contributed by atoms with Gasteiger partial charge >= 0.3 is 0 Å². The number of nitrogens with zero attached hydrogens (tertiary/aromatic N) is 3. The Hall–Kier alpha value is -3.02. The van der Waals surface area contributed by atoms with Crippen LogP contribution in [0.3, 0.4) is 0 Å². The first-order valence-electron chi connectivity index (χ1n) is 10.0. The number of hydrogen-bond acceptors (Lipinski definition) is 8. The molecule has 0 aromatic carbocycles. The number of pyridine rings is 1. The number of fused-ring (bicyclic) bond motifs is 1. The molecule has 4 rings (SSSR count). The first kappa shape index (κ1) is 23.1. The van der Waals surface area contributed by atoms with Gasteiger partial charge in [0.15, 0.2) is 5.16 Å². The number of amides is 2. The Morgan fingerprint density at radius 2 is 2.06 bits per heavy atom. The number of nitrogens with two attached hydrogens (primary N) is 1. The van der Waals surface area contributed by atoms with E-state index in [-0.39, 0.29) is 23.6 Å². The molecule has 4 heterocycles. The number of aromatic nitrogens is 3. The van der Waals surface area contributed by atoms with Gasteiger partial charge in [0.1, 0.15) is 9.83 Å². The van der Waals surface area contributed by atoms with E-state index >= 15 is 0 Å². The monoisotopic (exact) mass is 499 g/mol. The van der Waals surface area contributed by atoms with E-state index in [1.807, 2.05) is 32.0 Å². The summed E-state index contributed by atoms with van der Waals surface area (Å²) in [5.74, 6) is -0.922. The summed E-state index contributed by atoms with van der Waals surface area (Å²) in [7, 11) is 0. The molecule has 0 aliphatic heterocycles. The standard InChI is InChI=1S/C22H21N5O3S3/c1-11-12(2)32-20-16(11)21(30)27(10-14-6-4-5-8-24-14)22(26-20)33-13(3)18(29)25-19-15(17(23)28)7-9-31-19/h4-9,13H,10H2,1-3H3,(H2,23,28)(H,25,29). The third kappa shape index (κ3) is 4.70. The molecule has 0 spiro atoms. The van der Waals surface area contributed by atoms with Crippen molar-refractivity contribution in [2.45, 2.75) is 37.7 Å². The van der Waals surface area contributed by atoms with E-state index in [2.05, 4.69) is 10.3 Å². The molecule has 4 aromatic heterocycles. The second kappa shape index (κ2) is 9.46. The number of carbonyl (C=O) groups excluding carboxylic acids is 2. The number of thioether (sulfide) groups is 1. The van der Waals surface area contributed by atoms with Gasteiger partial charge < -0.3 is 11.1 Å². The summed E-state index contributed by atoms with van der Waals surface area (Å²) >= 11 is 3.87. The summed E-state index contributed by atoms with van der Waals surface area (Å²) in [6.45, 7) is 5.85. The van der Waals surface area contributed by atoms with E-state index in [9.17, 15) is 14.4 Å². The summed E-state index contributed by atoms with van der Waals surface area (Å²) in [6.07, 6.45) is 1.67. The highest BCUT2D eigenvalue weighted by Crippen LogP contribution is 2.31. The molecule has 8 nitrogen and oxygen atoms in total. The molecule has 0 aliphatic carbocycles. The summed E-state index contributed by atoms with van der Waals surface area (Å²) in [5.41, 5.74) is 7.11. The molecule has 0 saturated carbocycles. The minimum Gasteiger partial charge on any atom is -0.366 e. The molecule has 11 heteroatoms. The largest absolute Gasteiger partial charge is 0.366 e. The number of rotatable bonds is 7. The maximum atomic E-state index is 13.5. The Bertz CT molecular complexity index is 1410. The van der Waals surface area contributed by atoms with Crippen molar-refractivity contribution >= 4 is 61.5 Å². The molecule has 0 bridgehead atoms. The highest BCUT2D eigenvalue weighted by molar-refractivity contribution is 8.00. The first-order valence-corrected chi connectivity index (χ1v) is 12.6. The Labute approximate surface area is 201 Å². The fourth-order valence-electron chi connectivity index (χ4n) is 3.22. The topological polar surface area (TPSA) is 120 Å². The van der Waals surface area contributed by atoms with Gasteiger partial charge in [-0.1, -0.05) is 17.8 Å². The van der Waals surface area contributed by atoms with Crippen molar-refractivity contribution in [2.75, 3.05) is 5.32 Å².